The number of hydrogen-bond donors (Lipinski definition) is 2. The van der Waals surface area contributed by atoms with Crippen molar-refractivity contribution in [2.45, 2.75) is 6.54 Å². The van der Waals surface area contributed by atoms with Crippen molar-refractivity contribution in [1.82, 2.24) is 4.98 Å². The SMILES string of the molecule is O=C(O)c1ccc(C[n+]2c[nH]c3ccccc32)cc1. The molecule has 0 saturated heterocycles. The van der Waals surface area contributed by atoms with Gasteiger partial charge >= 0.3 is 5.97 Å². The highest BCUT2D eigenvalue weighted by Gasteiger charge is 2.09. The lowest BCUT2D eigenvalue weighted by atomic mass is 10.1. The Labute approximate surface area is 109 Å². The normalized spacial score (nSPS) is 10.7. The van der Waals surface area contributed by atoms with Crippen molar-refractivity contribution < 1.29 is 14.5 Å². The van der Waals surface area contributed by atoms with E-state index in [2.05, 4.69) is 15.6 Å². The largest absolute Gasteiger partial charge is 0.478 e. The molecule has 0 aliphatic heterocycles. The van der Waals surface area contributed by atoms with Crippen LogP contribution in [0.1, 0.15) is 15.9 Å². The third kappa shape index (κ3) is 2.20. The van der Waals surface area contributed by atoms with Crippen molar-refractivity contribution in [3.05, 3.63) is 66.0 Å². The number of benzene rings is 2. The number of para-hydroxylation sites is 2. The Hall–Kier alpha value is -2.62. The van der Waals surface area contributed by atoms with E-state index < -0.39 is 5.97 Å². The highest BCUT2D eigenvalue weighted by molar-refractivity contribution is 5.87. The lowest BCUT2D eigenvalue weighted by Gasteiger charge is -2.00. The maximum Gasteiger partial charge on any atom is 0.335 e. The van der Waals surface area contributed by atoms with Gasteiger partial charge in [0.2, 0.25) is 6.33 Å². The minimum Gasteiger partial charge on any atom is -0.478 e. The summed E-state index contributed by atoms with van der Waals surface area (Å²) in [7, 11) is 0. The lowest BCUT2D eigenvalue weighted by Crippen LogP contribution is -2.32. The summed E-state index contributed by atoms with van der Waals surface area (Å²) < 4.78 is 2.10. The van der Waals surface area contributed by atoms with Crippen LogP contribution in [0.4, 0.5) is 0 Å². The molecular weight excluding hydrogens is 240 g/mol. The van der Waals surface area contributed by atoms with Gasteiger partial charge in [-0.15, -0.1) is 0 Å². The zero-order valence-electron chi connectivity index (χ0n) is 10.2. The highest BCUT2D eigenvalue weighted by Crippen LogP contribution is 2.08. The second kappa shape index (κ2) is 4.57. The summed E-state index contributed by atoms with van der Waals surface area (Å²) in [5.41, 5.74) is 3.60. The van der Waals surface area contributed by atoms with E-state index in [0.29, 0.717) is 12.1 Å². The first-order valence-electron chi connectivity index (χ1n) is 6.02. The van der Waals surface area contributed by atoms with Crippen molar-refractivity contribution in [3.8, 4) is 0 Å². The minimum absolute atomic E-state index is 0.313. The number of aromatic carboxylic acids is 1. The molecule has 0 aliphatic carbocycles. The molecular formula is C15H13N2O2+. The molecule has 4 heteroatoms. The number of nitrogens with zero attached hydrogens (tertiary/aromatic N) is 1. The van der Waals surface area contributed by atoms with E-state index in [1.165, 1.54) is 0 Å². The number of aromatic nitrogens is 2. The van der Waals surface area contributed by atoms with Crippen LogP contribution in [0, 0.1) is 0 Å². The summed E-state index contributed by atoms with van der Waals surface area (Å²) in [6, 6.07) is 15.0. The van der Waals surface area contributed by atoms with E-state index in [9.17, 15) is 4.79 Å². The van der Waals surface area contributed by atoms with Crippen LogP contribution in [0.25, 0.3) is 11.0 Å². The average Bonchev–Trinajstić information content (AvgIpc) is 2.83. The monoisotopic (exact) mass is 253 g/mol. The summed E-state index contributed by atoms with van der Waals surface area (Å²) in [6.45, 7) is 0.712. The quantitative estimate of drug-likeness (QED) is 0.703. The second-order valence-electron chi connectivity index (χ2n) is 4.42. The molecule has 0 unspecified atom stereocenters. The summed E-state index contributed by atoms with van der Waals surface area (Å²) in [6.07, 6.45) is 1.93. The molecule has 3 rings (SSSR count). The van der Waals surface area contributed by atoms with Crippen molar-refractivity contribution in [1.29, 1.82) is 0 Å². The zero-order chi connectivity index (χ0) is 13.2. The summed E-state index contributed by atoms with van der Waals surface area (Å²) in [5.74, 6) is -0.897. The standard InChI is InChI=1S/C15H12N2O2/c18-15(19)12-7-5-11(6-8-12)9-17-10-16-13-3-1-2-4-14(13)17/h1-8,10H,9H2,(H,18,19)/p+1. The number of hydrogen-bond acceptors (Lipinski definition) is 1. The van der Waals surface area contributed by atoms with Gasteiger partial charge in [0, 0.05) is 0 Å². The van der Waals surface area contributed by atoms with E-state index >= 15 is 0 Å². The number of carbonyl (C=O) groups is 1. The minimum atomic E-state index is -0.897. The van der Waals surface area contributed by atoms with Gasteiger partial charge in [-0.05, 0) is 29.8 Å². The number of carboxylic acids is 1. The van der Waals surface area contributed by atoms with Crippen molar-refractivity contribution >= 4 is 17.0 Å². The average molecular weight is 253 g/mol. The zero-order valence-corrected chi connectivity index (χ0v) is 10.2. The highest BCUT2D eigenvalue weighted by atomic mass is 16.4. The fraction of sp³-hybridized carbons (Fsp3) is 0.0667. The fourth-order valence-corrected chi connectivity index (χ4v) is 2.14. The molecule has 2 aromatic carbocycles. The molecule has 0 fully saturated rings. The smallest absolute Gasteiger partial charge is 0.335 e. The van der Waals surface area contributed by atoms with E-state index in [0.717, 1.165) is 16.6 Å². The molecule has 1 aromatic heterocycles. The number of carboxylic acid groups (broad SMARTS) is 1. The van der Waals surface area contributed by atoms with Gasteiger partial charge in [0.1, 0.15) is 6.54 Å². The first kappa shape index (κ1) is 11.5. The molecule has 2 N–H and O–H groups in total. The van der Waals surface area contributed by atoms with Crippen molar-refractivity contribution in [2.75, 3.05) is 0 Å². The van der Waals surface area contributed by atoms with Crippen LogP contribution in [0.2, 0.25) is 0 Å². The topological polar surface area (TPSA) is 57.0 Å². The number of imidazole rings is 1. The van der Waals surface area contributed by atoms with Gasteiger partial charge in [-0.3, -0.25) is 0 Å². The molecule has 0 radical (unpaired) electrons. The third-order valence-corrected chi connectivity index (χ3v) is 3.14. The molecule has 0 amide bonds. The Kier molecular flexibility index (Phi) is 2.76. The predicted molar refractivity (Wildman–Crippen MR) is 71.0 cm³/mol. The summed E-state index contributed by atoms with van der Waals surface area (Å²) >= 11 is 0. The molecule has 0 bridgehead atoms. The maximum atomic E-state index is 10.8. The van der Waals surface area contributed by atoms with Gasteiger partial charge in [0.25, 0.3) is 0 Å². The lowest BCUT2D eigenvalue weighted by molar-refractivity contribution is -0.662. The molecule has 94 valence electrons. The second-order valence-corrected chi connectivity index (χ2v) is 4.42. The molecule has 19 heavy (non-hydrogen) atoms. The molecule has 4 nitrogen and oxygen atoms in total. The van der Waals surface area contributed by atoms with Crippen molar-refractivity contribution in [3.63, 3.8) is 0 Å². The van der Waals surface area contributed by atoms with Crippen LogP contribution in [0.3, 0.4) is 0 Å². The van der Waals surface area contributed by atoms with E-state index in [1.807, 2.05) is 36.7 Å². The van der Waals surface area contributed by atoms with Crippen LogP contribution in [-0.2, 0) is 6.54 Å². The molecule has 0 spiro atoms. The van der Waals surface area contributed by atoms with Crippen LogP contribution < -0.4 is 4.57 Å². The molecule has 1 heterocycles. The molecule has 0 aliphatic rings. The Morgan fingerprint density at radius 3 is 2.58 bits per heavy atom. The number of nitrogens with one attached hydrogen (secondary N) is 1. The number of fused-ring (bicyclic) bond motifs is 1. The van der Waals surface area contributed by atoms with Crippen LogP contribution in [0.5, 0.6) is 0 Å². The van der Waals surface area contributed by atoms with Crippen molar-refractivity contribution in [2.24, 2.45) is 0 Å². The van der Waals surface area contributed by atoms with Gasteiger partial charge in [-0.1, -0.05) is 24.3 Å². The summed E-state index contributed by atoms with van der Waals surface area (Å²) in [4.78, 5) is 14.0. The van der Waals surface area contributed by atoms with E-state index in [1.54, 1.807) is 12.1 Å². The van der Waals surface area contributed by atoms with Gasteiger partial charge in [0.05, 0.1) is 5.56 Å². The van der Waals surface area contributed by atoms with Crippen LogP contribution in [0.15, 0.2) is 54.9 Å². The maximum absolute atomic E-state index is 10.8. The van der Waals surface area contributed by atoms with Gasteiger partial charge in [0.15, 0.2) is 11.0 Å². The van der Waals surface area contributed by atoms with E-state index in [-0.39, 0.29) is 0 Å². The first-order valence-corrected chi connectivity index (χ1v) is 6.02. The number of aromatic amines is 1. The first-order chi connectivity index (χ1) is 9.24. The Morgan fingerprint density at radius 2 is 1.84 bits per heavy atom. The Morgan fingerprint density at radius 1 is 1.11 bits per heavy atom. The van der Waals surface area contributed by atoms with Gasteiger partial charge < -0.3 is 5.11 Å². The fourth-order valence-electron chi connectivity index (χ4n) is 2.14. The summed E-state index contributed by atoms with van der Waals surface area (Å²) in [5, 5.41) is 8.86. The van der Waals surface area contributed by atoms with Gasteiger partial charge in [-0.2, -0.15) is 0 Å². The van der Waals surface area contributed by atoms with Crippen LogP contribution in [-0.4, -0.2) is 16.1 Å². The molecule has 0 saturated carbocycles. The molecule has 0 atom stereocenters. The number of H-pyrrole nitrogens is 1. The van der Waals surface area contributed by atoms with E-state index in [4.69, 9.17) is 5.11 Å². The van der Waals surface area contributed by atoms with Gasteiger partial charge in [-0.25, -0.2) is 14.3 Å². The Bertz CT molecular complexity index is 729. The Balaban J connectivity index is 1.90. The molecule has 3 aromatic rings. The predicted octanol–water partition coefficient (Wildman–Crippen LogP) is 2.20. The van der Waals surface area contributed by atoms with Crippen LogP contribution >= 0.6 is 0 Å². The number of rotatable bonds is 3. The third-order valence-electron chi connectivity index (χ3n) is 3.14.